The van der Waals surface area contributed by atoms with Crippen molar-refractivity contribution in [2.75, 3.05) is 19.0 Å². The lowest BCUT2D eigenvalue weighted by atomic mass is 10.1. The standard InChI is InChI=1S/C11H15FN2OS/c1-7(6-15-2)14-9-5-3-4-8(12)10(9)11(13)16/h3-5,7,14H,6H2,1-2H3,(H2,13,16). The van der Waals surface area contributed by atoms with Crippen LogP contribution in [0.15, 0.2) is 18.2 Å². The zero-order valence-corrected chi connectivity index (χ0v) is 10.1. The monoisotopic (exact) mass is 242 g/mol. The summed E-state index contributed by atoms with van der Waals surface area (Å²) in [6.07, 6.45) is 0. The SMILES string of the molecule is COCC(C)Nc1cccc(F)c1C(N)=S. The Morgan fingerprint density at radius 1 is 1.62 bits per heavy atom. The molecule has 3 N–H and O–H groups in total. The minimum Gasteiger partial charge on any atom is -0.389 e. The van der Waals surface area contributed by atoms with Crippen LogP contribution in [0.3, 0.4) is 0 Å². The van der Waals surface area contributed by atoms with Crippen LogP contribution in [-0.4, -0.2) is 24.7 Å². The molecule has 88 valence electrons. The maximum absolute atomic E-state index is 13.5. The lowest BCUT2D eigenvalue weighted by molar-refractivity contribution is 0.190. The second-order valence-electron chi connectivity index (χ2n) is 3.53. The Hall–Kier alpha value is -1.20. The van der Waals surface area contributed by atoms with Crippen molar-refractivity contribution in [3.63, 3.8) is 0 Å². The molecule has 0 aromatic heterocycles. The molecule has 0 aliphatic carbocycles. The normalized spacial score (nSPS) is 12.2. The minimum atomic E-state index is -0.415. The van der Waals surface area contributed by atoms with Gasteiger partial charge in [0.15, 0.2) is 0 Å². The maximum atomic E-state index is 13.5. The number of benzene rings is 1. The molecule has 0 heterocycles. The summed E-state index contributed by atoms with van der Waals surface area (Å²) >= 11 is 4.82. The first-order valence-corrected chi connectivity index (χ1v) is 5.31. The first-order chi connectivity index (χ1) is 7.56. The van der Waals surface area contributed by atoms with Crippen molar-refractivity contribution in [2.24, 2.45) is 5.73 Å². The van der Waals surface area contributed by atoms with Gasteiger partial charge < -0.3 is 15.8 Å². The van der Waals surface area contributed by atoms with Gasteiger partial charge in [0.25, 0.3) is 0 Å². The van der Waals surface area contributed by atoms with Gasteiger partial charge in [-0.15, -0.1) is 0 Å². The molecule has 0 saturated heterocycles. The number of rotatable bonds is 5. The van der Waals surface area contributed by atoms with Crippen molar-refractivity contribution in [3.05, 3.63) is 29.6 Å². The summed E-state index contributed by atoms with van der Waals surface area (Å²) in [6, 6.07) is 4.74. The summed E-state index contributed by atoms with van der Waals surface area (Å²) in [5, 5.41) is 3.10. The highest BCUT2D eigenvalue weighted by molar-refractivity contribution is 7.80. The van der Waals surface area contributed by atoms with Crippen LogP contribution in [-0.2, 0) is 4.74 Å². The molecule has 0 saturated carbocycles. The first kappa shape index (κ1) is 12.9. The second-order valence-corrected chi connectivity index (χ2v) is 3.97. The Morgan fingerprint density at radius 2 is 2.31 bits per heavy atom. The predicted molar refractivity (Wildman–Crippen MR) is 67.2 cm³/mol. The Kier molecular flexibility index (Phi) is 4.64. The van der Waals surface area contributed by atoms with Crippen molar-refractivity contribution in [1.29, 1.82) is 0 Å². The molecule has 0 bridgehead atoms. The summed E-state index contributed by atoms with van der Waals surface area (Å²) in [6.45, 7) is 2.45. The molecule has 1 atom stereocenters. The van der Waals surface area contributed by atoms with E-state index in [0.29, 0.717) is 12.3 Å². The smallest absolute Gasteiger partial charge is 0.135 e. The third-order valence-corrected chi connectivity index (χ3v) is 2.28. The van der Waals surface area contributed by atoms with Gasteiger partial charge in [-0.05, 0) is 19.1 Å². The molecule has 0 aliphatic rings. The van der Waals surface area contributed by atoms with E-state index >= 15 is 0 Å². The third kappa shape index (κ3) is 3.15. The van der Waals surface area contributed by atoms with E-state index < -0.39 is 5.82 Å². The molecule has 1 unspecified atom stereocenters. The van der Waals surface area contributed by atoms with E-state index in [9.17, 15) is 4.39 Å². The maximum Gasteiger partial charge on any atom is 0.135 e. The fourth-order valence-electron chi connectivity index (χ4n) is 1.45. The molecule has 0 radical (unpaired) electrons. The van der Waals surface area contributed by atoms with Crippen molar-refractivity contribution < 1.29 is 9.13 Å². The average Bonchev–Trinajstić information content (AvgIpc) is 2.17. The Bertz CT molecular complexity index is 384. The van der Waals surface area contributed by atoms with Crippen molar-refractivity contribution >= 4 is 22.9 Å². The third-order valence-electron chi connectivity index (χ3n) is 2.08. The molecular formula is C11H15FN2OS. The zero-order chi connectivity index (χ0) is 12.1. The van der Waals surface area contributed by atoms with Crippen molar-refractivity contribution in [2.45, 2.75) is 13.0 Å². The van der Waals surface area contributed by atoms with Gasteiger partial charge in [-0.3, -0.25) is 0 Å². The van der Waals surface area contributed by atoms with Crippen LogP contribution >= 0.6 is 12.2 Å². The zero-order valence-electron chi connectivity index (χ0n) is 9.29. The largest absolute Gasteiger partial charge is 0.389 e. The summed E-state index contributed by atoms with van der Waals surface area (Å²) in [5.41, 5.74) is 6.33. The number of nitrogens with one attached hydrogen (secondary N) is 1. The number of methoxy groups -OCH3 is 1. The van der Waals surface area contributed by atoms with Gasteiger partial charge in [0, 0.05) is 18.8 Å². The summed E-state index contributed by atoms with van der Waals surface area (Å²) < 4.78 is 18.5. The second kappa shape index (κ2) is 5.77. The Morgan fingerprint density at radius 3 is 2.88 bits per heavy atom. The van der Waals surface area contributed by atoms with Crippen LogP contribution in [0.4, 0.5) is 10.1 Å². The average molecular weight is 242 g/mol. The number of hydrogen-bond acceptors (Lipinski definition) is 3. The van der Waals surface area contributed by atoms with Crippen molar-refractivity contribution in [1.82, 2.24) is 0 Å². The summed E-state index contributed by atoms with van der Waals surface area (Å²) in [4.78, 5) is 0.0465. The van der Waals surface area contributed by atoms with Gasteiger partial charge in [0.05, 0.1) is 12.2 Å². The highest BCUT2D eigenvalue weighted by atomic mass is 32.1. The van der Waals surface area contributed by atoms with Gasteiger partial charge in [-0.25, -0.2) is 4.39 Å². The van der Waals surface area contributed by atoms with Gasteiger partial charge >= 0.3 is 0 Å². The molecule has 0 fully saturated rings. The number of thiocarbonyl (C=S) groups is 1. The highest BCUT2D eigenvalue weighted by Gasteiger charge is 2.12. The van der Waals surface area contributed by atoms with E-state index in [1.165, 1.54) is 6.07 Å². The Balaban J connectivity index is 2.95. The Labute approximate surface area is 99.8 Å². The van der Waals surface area contributed by atoms with Crippen molar-refractivity contribution in [3.8, 4) is 0 Å². The predicted octanol–water partition coefficient (Wildman–Crippen LogP) is 1.91. The van der Waals surface area contributed by atoms with E-state index in [1.807, 2.05) is 6.92 Å². The van der Waals surface area contributed by atoms with Gasteiger partial charge in [0.1, 0.15) is 10.8 Å². The summed E-state index contributed by atoms with van der Waals surface area (Å²) in [5.74, 6) is -0.415. The molecule has 3 nitrogen and oxygen atoms in total. The number of anilines is 1. The molecule has 5 heteroatoms. The van der Waals surface area contributed by atoms with Gasteiger partial charge in [-0.1, -0.05) is 18.3 Å². The van der Waals surface area contributed by atoms with E-state index in [1.54, 1.807) is 19.2 Å². The minimum absolute atomic E-state index is 0.0465. The molecule has 16 heavy (non-hydrogen) atoms. The van der Waals surface area contributed by atoms with E-state index in [0.717, 1.165) is 0 Å². The molecule has 0 spiro atoms. The molecule has 1 aromatic rings. The topological polar surface area (TPSA) is 47.3 Å². The van der Waals surface area contributed by atoms with Crippen LogP contribution in [0.25, 0.3) is 0 Å². The first-order valence-electron chi connectivity index (χ1n) is 4.90. The lowest BCUT2D eigenvalue weighted by Crippen LogP contribution is -2.24. The number of hydrogen-bond donors (Lipinski definition) is 2. The number of ether oxygens (including phenoxy) is 1. The fourth-order valence-corrected chi connectivity index (χ4v) is 1.66. The lowest BCUT2D eigenvalue weighted by Gasteiger charge is -2.17. The number of nitrogens with two attached hydrogens (primary N) is 1. The van der Waals surface area contributed by atoms with Gasteiger partial charge in [0.2, 0.25) is 0 Å². The molecule has 1 rings (SSSR count). The summed E-state index contributed by atoms with van der Waals surface area (Å²) in [7, 11) is 1.61. The van der Waals surface area contributed by atoms with Crippen LogP contribution in [0.2, 0.25) is 0 Å². The molecular weight excluding hydrogens is 227 g/mol. The van der Waals surface area contributed by atoms with E-state index in [4.69, 9.17) is 22.7 Å². The molecule has 1 aromatic carbocycles. The van der Waals surface area contributed by atoms with E-state index in [-0.39, 0.29) is 16.6 Å². The quantitative estimate of drug-likeness (QED) is 0.774. The van der Waals surface area contributed by atoms with E-state index in [2.05, 4.69) is 5.32 Å². The highest BCUT2D eigenvalue weighted by Crippen LogP contribution is 2.19. The molecule has 0 aliphatic heterocycles. The van der Waals surface area contributed by atoms with Crippen LogP contribution in [0.5, 0.6) is 0 Å². The number of halogens is 1. The fraction of sp³-hybridized carbons (Fsp3) is 0.364. The molecule has 0 amide bonds. The van der Waals surface area contributed by atoms with Crippen LogP contribution in [0.1, 0.15) is 12.5 Å². The van der Waals surface area contributed by atoms with Crippen LogP contribution in [0, 0.1) is 5.82 Å². The van der Waals surface area contributed by atoms with Gasteiger partial charge in [-0.2, -0.15) is 0 Å². The van der Waals surface area contributed by atoms with Crippen LogP contribution < -0.4 is 11.1 Å².